The number of hydrazine groups is 1. The van der Waals surface area contributed by atoms with Crippen LogP contribution in [0.5, 0.6) is 0 Å². The number of aryl methyl sites for hydroxylation is 2. The summed E-state index contributed by atoms with van der Waals surface area (Å²) in [5.74, 6) is 5.44. The topological polar surface area (TPSA) is 50.9 Å². The molecule has 0 saturated carbocycles. The Morgan fingerprint density at radius 3 is 2.81 bits per heavy atom. The summed E-state index contributed by atoms with van der Waals surface area (Å²) in [5.41, 5.74) is 6.87. The van der Waals surface area contributed by atoms with E-state index in [4.69, 9.17) is 5.84 Å². The molecule has 2 aromatic heterocycles. The highest BCUT2D eigenvalue weighted by Crippen LogP contribution is 2.30. The predicted molar refractivity (Wildman–Crippen MR) is 84.7 cm³/mol. The van der Waals surface area contributed by atoms with Crippen molar-refractivity contribution in [3.05, 3.63) is 63.9 Å². The van der Waals surface area contributed by atoms with Crippen LogP contribution >= 0.6 is 11.3 Å². The van der Waals surface area contributed by atoms with Crippen molar-refractivity contribution in [2.75, 3.05) is 0 Å². The van der Waals surface area contributed by atoms with Crippen molar-refractivity contribution >= 4 is 21.6 Å². The zero-order chi connectivity index (χ0) is 15.0. The summed E-state index contributed by atoms with van der Waals surface area (Å²) in [6, 6.07) is 7.05. The van der Waals surface area contributed by atoms with Crippen LogP contribution in [0.1, 0.15) is 28.3 Å². The van der Waals surface area contributed by atoms with Crippen molar-refractivity contribution in [2.45, 2.75) is 19.9 Å². The van der Waals surface area contributed by atoms with Gasteiger partial charge < -0.3 is 0 Å². The number of pyridine rings is 1. The molecule has 0 bridgehead atoms. The Kier molecular flexibility index (Phi) is 3.71. The zero-order valence-corrected chi connectivity index (χ0v) is 12.7. The SMILES string of the molecule is Cc1cc(C)c(C(NN)c2cnc3ccsc3c2)c(F)c1. The number of rotatable bonds is 3. The molecular weight excluding hydrogens is 285 g/mol. The van der Waals surface area contributed by atoms with Gasteiger partial charge in [0.25, 0.3) is 0 Å². The number of benzene rings is 1. The highest BCUT2D eigenvalue weighted by atomic mass is 32.1. The second-order valence-corrected chi connectivity index (χ2v) is 6.10. The Labute approximate surface area is 126 Å². The molecule has 21 heavy (non-hydrogen) atoms. The van der Waals surface area contributed by atoms with Crippen LogP contribution in [0.3, 0.4) is 0 Å². The highest BCUT2D eigenvalue weighted by molar-refractivity contribution is 7.17. The Balaban J connectivity index is 2.13. The lowest BCUT2D eigenvalue weighted by Gasteiger charge is -2.20. The molecule has 0 aliphatic carbocycles. The maximum absolute atomic E-state index is 14.4. The van der Waals surface area contributed by atoms with Crippen molar-refractivity contribution in [3.63, 3.8) is 0 Å². The molecule has 0 aliphatic rings. The third-order valence-corrected chi connectivity index (χ3v) is 4.45. The number of nitrogens with one attached hydrogen (secondary N) is 1. The van der Waals surface area contributed by atoms with E-state index in [9.17, 15) is 4.39 Å². The monoisotopic (exact) mass is 301 g/mol. The molecule has 3 nitrogen and oxygen atoms in total. The molecule has 108 valence electrons. The van der Waals surface area contributed by atoms with Crippen LogP contribution in [-0.4, -0.2) is 4.98 Å². The van der Waals surface area contributed by atoms with Crippen molar-refractivity contribution in [3.8, 4) is 0 Å². The van der Waals surface area contributed by atoms with Crippen LogP contribution in [-0.2, 0) is 0 Å². The minimum Gasteiger partial charge on any atom is -0.271 e. The highest BCUT2D eigenvalue weighted by Gasteiger charge is 2.20. The summed E-state index contributed by atoms with van der Waals surface area (Å²) >= 11 is 1.61. The van der Waals surface area contributed by atoms with Crippen molar-refractivity contribution in [1.29, 1.82) is 0 Å². The van der Waals surface area contributed by atoms with Gasteiger partial charge in [-0.2, -0.15) is 0 Å². The smallest absolute Gasteiger partial charge is 0.128 e. The molecule has 1 aromatic carbocycles. The minimum atomic E-state index is -0.412. The maximum Gasteiger partial charge on any atom is 0.128 e. The van der Waals surface area contributed by atoms with Gasteiger partial charge in [0.1, 0.15) is 5.82 Å². The number of halogens is 1. The van der Waals surface area contributed by atoms with Gasteiger partial charge in [-0.05, 0) is 54.1 Å². The molecular formula is C16H16FN3S. The Hall–Kier alpha value is -1.82. The second-order valence-electron chi connectivity index (χ2n) is 5.15. The molecule has 1 atom stereocenters. The number of hydrogen-bond acceptors (Lipinski definition) is 4. The zero-order valence-electron chi connectivity index (χ0n) is 11.9. The third-order valence-electron chi connectivity index (χ3n) is 3.59. The van der Waals surface area contributed by atoms with E-state index in [1.165, 1.54) is 6.07 Å². The largest absolute Gasteiger partial charge is 0.271 e. The van der Waals surface area contributed by atoms with Gasteiger partial charge in [-0.15, -0.1) is 11.3 Å². The van der Waals surface area contributed by atoms with Crippen molar-refractivity contribution in [1.82, 2.24) is 10.4 Å². The molecule has 5 heteroatoms. The fourth-order valence-corrected chi connectivity index (χ4v) is 3.45. The summed E-state index contributed by atoms with van der Waals surface area (Å²) in [5, 5.41) is 1.99. The first-order valence-corrected chi connectivity index (χ1v) is 7.54. The lowest BCUT2D eigenvalue weighted by Crippen LogP contribution is -2.30. The minimum absolute atomic E-state index is 0.248. The van der Waals surface area contributed by atoms with Gasteiger partial charge in [-0.25, -0.2) is 9.82 Å². The molecule has 1 unspecified atom stereocenters. The van der Waals surface area contributed by atoms with Crippen LogP contribution in [0.4, 0.5) is 4.39 Å². The standard InChI is InChI=1S/C16H16FN3S/c1-9-5-10(2)15(12(17)6-9)16(20-18)11-7-14-13(19-8-11)3-4-21-14/h3-8,16,20H,18H2,1-2H3. The number of thiophene rings is 1. The fraction of sp³-hybridized carbons (Fsp3) is 0.188. The molecule has 0 fully saturated rings. The number of aromatic nitrogens is 1. The van der Waals surface area contributed by atoms with E-state index in [2.05, 4.69) is 10.4 Å². The number of nitrogens with two attached hydrogens (primary N) is 1. The Morgan fingerprint density at radius 1 is 1.29 bits per heavy atom. The van der Waals surface area contributed by atoms with Crippen LogP contribution in [0.15, 0.2) is 35.8 Å². The summed E-state index contributed by atoms with van der Waals surface area (Å²) in [6.45, 7) is 3.77. The van der Waals surface area contributed by atoms with E-state index < -0.39 is 6.04 Å². The first kappa shape index (κ1) is 14.1. The molecule has 0 radical (unpaired) electrons. The number of hydrogen-bond donors (Lipinski definition) is 2. The van der Waals surface area contributed by atoms with Crippen LogP contribution < -0.4 is 11.3 Å². The lowest BCUT2D eigenvalue weighted by atomic mass is 9.94. The second kappa shape index (κ2) is 5.52. The third kappa shape index (κ3) is 2.55. The van der Waals surface area contributed by atoms with Gasteiger partial charge in [-0.1, -0.05) is 6.07 Å². The lowest BCUT2D eigenvalue weighted by molar-refractivity contribution is 0.556. The van der Waals surface area contributed by atoms with E-state index in [0.717, 1.165) is 26.9 Å². The average molecular weight is 301 g/mol. The molecule has 0 amide bonds. The van der Waals surface area contributed by atoms with Crippen molar-refractivity contribution < 1.29 is 4.39 Å². The van der Waals surface area contributed by atoms with E-state index >= 15 is 0 Å². The summed E-state index contributed by atoms with van der Waals surface area (Å²) in [6.07, 6.45) is 1.75. The van der Waals surface area contributed by atoms with E-state index in [-0.39, 0.29) is 5.82 Å². The summed E-state index contributed by atoms with van der Waals surface area (Å²) in [4.78, 5) is 4.40. The van der Waals surface area contributed by atoms with E-state index in [1.54, 1.807) is 17.5 Å². The van der Waals surface area contributed by atoms with Crippen LogP contribution in [0.2, 0.25) is 0 Å². The van der Waals surface area contributed by atoms with E-state index in [1.807, 2.05) is 37.4 Å². The van der Waals surface area contributed by atoms with Crippen LogP contribution in [0, 0.1) is 19.7 Å². The summed E-state index contributed by atoms with van der Waals surface area (Å²) < 4.78 is 15.4. The number of fused-ring (bicyclic) bond motifs is 1. The summed E-state index contributed by atoms with van der Waals surface area (Å²) in [7, 11) is 0. The molecule has 0 saturated heterocycles. The fourth-order valence-electron chi connectivity index (χ4n) is 2.66. The Bertz CT molecular complexity index is 774. The molecule has 3 aromatic rings. The van der Waals surface area contributed by atoms with E-state index in [0.29, 0.717) is 5.56 Å². The molecule has 0 spiro atoms. The molecule has 0 aliphatic heterocycles. The normalized spacial score (nSPS) is 12.8. The molecule has 3 N–H and O–H groups in total. The van der Waals surface area contributed by atoms with Gasteiger partial charge in [0.2, 0.25) is 0 Å². The predicted octanol–water partition coefficient (Wildman–Crippen LogP) is 3.60. The first-order chi connectivity index (χ1) is 10.1. The Morgan fingerprint density at radius 2 is 2.10 bits per heavy atom. The van der Waals surface area contributed by atoms with Gasteiger partial charge >= 0.3 is 0 Å². The van der Waals surface area contributed by atoms with Crippen molar-refractivity contribution in [2.24, 2.45) is 5.84 Å². The van der Waals surface area contributed by atoms with Gasteiger partial charge in [0.05, 0.1) is 16.3 Å². The first-order valence-electron chi connectivity index (χ1n) is 6.66. The van der Waals surface area contributed by atoms with Gasteiger partial charge in [0, 0.05) is 11.8 Å². The quantitative estimate of drug-likeness (QED) is 0.574. The van der Waals surface area contributed by atoms with Crippen LogP contribution in [0.25, 0.3) is 10.2 Å². The maximum atomic E-state index is 14.4. The number of nitrogens with zero attached hydrogens (tertiary/aromatic N) is 1. The van der Waals surface area contributed by atoms with Gasteiger partial charge in [-0.3, -0.25) is 10.8 Å². The molecule has 2 heterocycles. The molecule has 3 rings (SSSR count). The van der Waals surface area contributed by atoms with Gasteiger partial charge in [0.15, 0.2) is 0 Å². The average Bonchev–Trinajstić information content (AvgIpc) is 2.89.